The molecule has 0 spiro atoms. The van der Waals surface area contributed by atoms with Crippen LogP contribution in [0, 0.1) is 22.0 Å². The molecular formula is C14H17F3N2O2. The number of nitrogens with one attached hydrogen (secondary N) is 1. The monoisotopic (exact) mass is 302 g/mol. The number of hydrogen-bond donors (Lipinski definition) is 1. The summed E-state index contributed by atoms with van der Waals surface area (Å²) in [6.45, 7) is 2.71. The molecule has 1 N–H and O–H groups in total. The molecule has 2 rings (SSSR count). The summed E-state index contributed by atoms with van der Waals surface area (Å²) < 4.78 is 37.8. The number of alkyl halides is 3. The Kier molecular flexibility index (Phi) is 4.39. The van der Waals surface area contributed by atoms with E-state index in [0.29, 0.717) is 24.4 Å². The number of hydrogen-bond acceptors (Lipinski definition) is 3. The van der Waals surface area contributed by atoms with Crippen molar-refractivity contribution in [1.82, 2.24) is 0 Å². The summed E-state index contributed by atoms with van der Waals surface area (Å²) in [7, 11) is 0. The van der Waals surface area contributed by atoms with Gasteiger partial charge < -0.3 is 5.32 Å². The molecule has 0 bridgehead atoms. The Balaban J connectivity index is 2.13. The van der Waals surface area contributed by atoms with Crippen molar-refractivity contribution in [3.05, 3.63) is 33.9 Å². The number of nitro benzene ring substituents is 1. The smallest absolute Gasteiger partial charge is 0.379 e. The molecular weight excluding hydrogens is 285 g/mol. The first-order valence-electron chi connectivity index (χ1n) is 6.87. The molecule has 1 saturated carbocycles. The average Bonchev–Trinajstić information content (AvgIpc) is 2.80. The van der Waals surface area contributed by atoms with E-state index in [1.807, 2.05) is 0 Å². The Morgan fingerprint density at radius 2 is 2.10 bits per heavy atom. The van der Waals surface area contributed by atoms with Gasteiger partial charge in [0, 0.05) is 12.6 Å². The minimum atomic E-state index is -4.58. The lowest BCUT2D eigenvalue weighted by molar-refractivity contribution is -0.384. The Labute approximate surface area is 120 Å². The van der Waals surface area contributed by atoms with Crippen LogP contribution in [-0.4, -0.2) is 11.5 Å². The number of nitrogens with zero attached hydrogens (tertiary/aromatic N) is 1. The van der Waals surface area contributed by atoms with Gasteiger partial charge in [0.1, 0.15) is 5.69 Å². The fourth-order valence-corrected chi connectivity index (χ4v) is 2.77. The van der Waals surface area contributed by atoms with Crippen LogP contribution in [0.1, 0.15) is 31.7 Å². The van der Waals surface area contributed by atoms with Gasteiger partial charge in [-0.3, -0.25) is 10.1 Å². The normalized spacial score (nSPS) is 22.3. The Hall–Kier alpha value is -1.79. The molecule has 0 amide bonds. The fraction of sp³-hybridized carbons (Fsp3) is 0.571. The molecule has 0 aliphatic heterocycles. The van der Waals surface area contributed by atoms with Crippen molar-refractivity contribution in [2.45, 2.75) is 32.4 Å². The highest BCUT2D eigenvalue weighted by Crippen LogP contribution is 2.36. The maximum atomic E-state index is 12.6. The van der Waals surface area contributed by atoms with E-state index in [2.05, 4.69) is 12.2 Å². The maximum Gasteiger partial charge on any atom is 0.416 e. The third-order valence-corrected chi connectivity index (χ3v) is 3.91. The Bertz CT molecular complexity index is 531. The number of rotatable bonds is 4. The van der Waals surface area contributed by atoms with Gasteiger partial charge in [-0.2, -0.15) is 13.2 Å². The summed E-state index contributed by atoms with van der Waals surface area (Å²) in [5.74, 6) is 1.06. The molecule has 0 radical (unpaired) electrons. The zero-order valence-electron chi connectivity index (χ0n) is 11.6. The van der Waals surface area contributed by atoms with Crippen LogP contribution in [0.25, 0.3) is 0 Å². The molecule has 1 aromatic rings. The number of nitro groups is 1. The summed E-state index contributed by atoms with van der Waals surface area (Å²) in [5.41, 5.74) is -1.39. The fourth-order valence-electron chi connectivity index (χ4n) is 2.77. The summed E-state index contributed by atoms with van der Waals surface area (Å²) in [4.78, 5) is 10.2. The second-order valence-electron chi connectivity index (χ2n) is 5.65. The van der Waals surface area contributed by atoms with E-state index in [1.165, 1.54) is 0 Å². The van der Waals surface area contributed by atoms with Gasteiger partial charge in [-0.1, -0.05) is 13.3 Å². The van der Waals surface area contributed by atoms with Gasteiger partial charge in [0.25, 0.3) is 5.69 Å². The molecule has 1 aliphatic carbocycles. The van der Waals surface area contributed by atoms with Gasteiger partial charge in [-0.25, -0.2) is 0 Å². The Morgan fingerprint density at radius 3 is 2.62 bits per heavy atom. The minimum Gasteiger partial charge on any atom is -0.379 e. The second-order valence-corrected chi connectivity index (χ2v) is 5.65. The molecule has 2 atom stereocenters. The molecule has 0 saturated heterocycles. The second kappa shape index (κ2) is 5.91. The summed E-state index contributed by atoms with van der Waals surface area (Å²) >= 11 is 0. The lowest BCUT2D eigenvalue weighted by Gasteiger charge is -2.13. The molecule has 4 nitrogen and oxygen atoms in total. The van der Waals surface area contributed by atoms with E-state index in [1.54, 1.807) is 0 Å². The van der Waals surface area contributed by atoms with Crippen LogP contribution >= 0.6 is 0 Å². The standard InChI is InChI=1S/C14H17F3N2O2/c1-9-2-3-10(6-9)8-18-12-5-4-11(14(15,16)17)7-13(12)19(20)21/h4-5,7,9-10,18H,2-3,6,8H2,1H3. The molecule has 1 aromatic carbocycles. The lowest BCUT2D eigenvalue weighted by atomic mass is 10.1. The lowest BCUT2D eigenvalue weighted by Crippen LogP contribution is -2.13. The predicted octanol–water partition coefficient (Wildman–Crippen LogP) is 4.46. The van der Waals surface area contributed by atoms with Crippen molar-refractivity contribution in [1.29, 1.82) is 0 Å². The maximum absolute atomic E-state index is 12.6. The molecule has 7 heteroatoms. The highest BCUT2D eigenvalue weighted by Gasteiger charge is 2.33. The van der Waals surface area contributed by atoms with E-state index in [9.17, 15) is 23.3 Å². The van der Waals surface area contributed by atoms with Crippen molar-refractivity contribution in [2.24, 2.45) is 11.8 Å². The summed E-state index contributed by atoms with van der Waals surface area (Å²) in [5, 5.41) is 13.9. The first-order chi connectivity index (χ1) is 9.77. The average molecular weight is 302 g/mol. The molecule has 2 unspecified atom stereocenters. The van der Waals surface area contributed by atoms with Crippen LogP contribution in [-0.2, 0) is 6.18 Å². The van der Waals surface area contributed by atoms with Crippen LogP contribution < -0.4 is 5.32 Å². The highest BCUT2D eigenvalue weighted by molar-refractivity contribution is 5.63. The zero-order chi connectivity index (χ0) is 15.6. The topological polar surface area (TPSA) is 55.2 Å². The molecule has 1 aliphatic rings. The minimum absolute atomic E-state index is 0.146. The van der Waals surface area contributed by atoms with E-state index >= 15 is 0 Å². The third-order valence-electron chi connectivity index (χ3n) is 3.91. The molecule has 0 heterocycles. The van der Waals surface area contributed by atoms with Gasteiger partial charge >= 0.3 is 6.18 Å². The third kappa shape index (κ3) is 3.86. The molecule has 116 valence electrons. The predicted molar refractivity (Wildman–Crippen MR) is 73.1 cm³/mol. The summed E-state index contributed by atoms with van der Waals surface area (Å²) in [6.07, 6.45) is -1.37. The van der Waals surface area contributed by atoms with Crippen molar-refractivity contribution < 1.29 is 18.1 Å². The van der Waals surface area contributed by atoms with Crippen molar-refractivity contribution in [2.75, 3.05) is 11.9 Å². The van der Waals surface area contributed by atoms with E-state index in [0.717, 1.165) is 31.4 Å². The van der Waals surface area contributed by atoms with Crippen LogP contribution in [0.2, 0.25) is 0 Å². The van der Waals surface area contributed by atoms with Gasteiger partial charge in [-0.05, 0) is 36.8 Å². The van der Waals surface area contributed by atoms with Crippen LogP contribution in [0.15, 0.2) is 18.2 Å². The molecule has 1 fully saturated rings. The first kappa shape index (κ1) is 15.6. The number of benzene rings is 1. The number of halogens is 3. The zero-order valence-corrected chi connectivity index (χ0v) is 11.6. The van der Waals surface area contributed by atoms with Crippen LogP contribution in [0.5, 0.6) is 0 Å². The van der Waals surface area contributed by atoms with Crippen LogP contribution in [0.4, 0.5) is 24.5 Å². The van der Waals surface area contributed by atoms with E-state index in [4.69, 9.17) is 0 Å². The Morgan fingerprint density at radius 1 is 1.38 bits per heavy atom. The quantitative estimate of drug-likeness (QED) is 0.660. The van der Waals surface area contributed by atoms with Crippen molar-refractivity contribution in [3.8, 4) is 0 Å². The van der Waals surface area contributed by atoms with Crippen molar-refractivity contribution >= 4 is 11.4 Å². The van der Waals surface area contributed by atoms with Gasteiger partial charge in [0.05, 0.1) is 10.5 Å². The largest absolute Gasteiger partial charge is 0.416 e. The first-order valence-corrected chi connectivity index (χ1v) is 6.87. The van der Waals surface area contributed by atoms with Gasteiger partial charge in [0.2, 0.25) is 0 Å². The van der Waals surface area contributed by atoms with E-state index < -0.39 is 22.4 Å². The van der Waals surface area contributed by atoms with Gasteiger partial charge in [0.15, 0.2) is 0 Å². The van der Waals surface area contributed by atoms with Crippen LogP contribution in [0.3, 0.4) is 0 Å². The highest BCUT2D eigenvalue weighted by atomic mass is 19.4. The van der Waals surface area contributed by atoms with Gasteiger partial charge in [-0.15, -0.1) is 0 Å². The summed E-state index contributed by atoms with van der Waals surface area (Å²) in [6, 6.07) is 2.59. The van der Waals surface area contributed by atoms with E-state index in [-0.39, 0.29) is 5.69 Å². The molecule has 21 heavy (non-hydrogen) atoms. The SMILES string of the molecule is CC1CCC(CNc2ccc(C(F)(F)F)cc2[N+](=O)[O-])C1. The molecule has 0 aromatic heterocycles. The van der Waals surface area contributed by atoms with Crippen molar-refractivity contribution in [3.63, 3.8) is 0 Å². The number of anilines is 1.